The van der Waals surface area contributed by atoms with Gasteiger partial charge in [-0.25, -0.2) is 4.39 Å². The fourth-order valence-electron chi connectivity index (χ4n) is 2.58. The molecule has 2 aliphatic heterocycles. The summed E-state index contributed by atoms with van der Waals surface area (Å²) in [5.74, 6) is 0.605. The van der Waals surface area contributed by atoms with Crippen molar-refractivity contribution in [1.82, 2.24) is 5.32 Å². The molecule has 1 N–H and O–H groups in total. The number of hydrogen-bond donors (Lipinski definition) is 1. The second kappa shape index (κ2) is 3.20. The van der Waals surface area contributed by atoms with E-state index in [0.29, 0.717) is 6.42 Å². The van der Waals surface area contributed by atoms with Gasteiger partial charge < -0.3 is 10.1 Å². The zero-order valence-electron chi connectivity index (χ0n) is 8.55. The molecule has 0 aromatic heterocycles. The quantitative estimate of drug-likeness (QED) is 0.701. The van der Waals surface area contributed by atoms with Crippen molar-refractivity contribution in [2.24, 2.45) is 0 Å². The van der Waals surface area contributed by atoms with Crippen molar-refractivity contribution in [1.29, 1.82) is 0 Å². The highest BCUT2D eigenvalue weighted by molar-refractivity contribution is 5.40. The van der Waals surface area contributed by atoms with Crippen molar-refractivity contribution in [3.63, 3.8) is 0 Å². The van der Waals surface area contributed by atoms with Gasteiger partial charge in [-0.1, -0.05) is 6.07 Å². The number of hydrogen-bond acceptors (Lipinski definition) is 2. The topological polar surface area (TPSA) is 21.3 Å². The Hall–Kier alpha value is -1.09. The van der Waals surface area contributed by atoms with E-state index >= 15 is 0 Å². The van der Waals surface area contributed by atoms with Crippen LogP contribution in [-0.4, -0.2) is 18.7 Å². The molecule has 80 valence electrons. The molecular formula is C12H14FNO. The van der Waals surface area contributed by atoms with Crippen molar-refractivity contribution in [2.45, 2.75) is 24.9 Å². The van der Waals surface area contributed by atoms with Gasteiger partial charge >= 0.3 is 0 Å². The molecule has 0 amide bonds. The molecule has 0 aliphatic carbocycles. The van der Waals surface area contributed by atoms with E-state index in [1.165, 1.54) is 6.07 Å². The van der Waals surface area contributed by atoms with E-state index in [1.54, 1.807) is 6.07 Å². The van der Waals surface area contributed by atoms with Crippen LogP contribution in [0.3, 0.4) is 0 Å². The smallest absolute Gasteiger partial charge is 0.130 e. The first kappa shape index (κ1) is 9.16. The molecule has 0 radical (unpaired) electrons. The summed E-state index contributed by atoms with van der Waals surface area (Å²) in [5, 5.41) is 3.32. The first-order valence-electron chi connectivity index (χ1n) is 5.46. The average molecular weight is 207 g/mol. The van der Waals surface area contributed by atoms with Gasteiger partial charge in [-0.05, 0) is 31.5 Å². The van der Waals surface area contributed by atoms with Crippen LogP contribution in [0.5, 0.6) is 5.75 Å². The van der Waals surface area contributed by atoms with Gasteiger partial charge in [0.15, 0.2) is 0 Å². The highest BCUT2D eigenvalue weighted by Gasteiger charge is 2.41. The molecule has 1 unspecified atom stereocenters. The lowest BCUT2D eigenvalue weighted by Crippen LogP contribution is -2.49. The molecule has 15 heavy (non-hydrogen) atoms. The zero-order chi connectivity index (χ0) is 10.3. The zero-order valence-corrected chi connectivity index (χ0v) is 8.55. The van der Waals surface area contributed by atoms with Crippen molar-refractivity contribution in [3.05, 3.63) is 29.6 Å². The summed E-state index contributed by atoms with van der Waals surface area (Å²) < 4.78 is 19.4. The molecule has 1 saturated heterocycles. The van der Waals surface area contributed by atoms with Crippen molar-refractivity contribution < 1.29 is 9.13 Å². The van der Waals surface area contributed by atoms with Crippen LogP contribution in [0.2, 0.25) is 0 Å². The lowest BCUT2D eigenvalue weighted by Gasteiger charge is -2.33. The summed E-state index contributed by atoms with van der Waals surface area (Å²) in [6, 6.07) is 5.09. The molecule has 1 aromatic rings. The van der Waals surface area contributed by atoms with E-state index in [0.717, 1.165) is 37.2 Å². The number of benzene rings is 1. The summed E-state index contributed by atoms with van der Waals surface area (Å²) in [5.41, 5.74) is 0.573. The molecule has 2 heterocycles. The van der Waals surface area contributed by atoms with E-state index in [1.807, 2.05) is 6.07 Å². The summed E-state index contributed by atoms with van der Waals surface area (Å²) >= 11 is 0. The lowest BCUT2D eigenvalue weighted by molar-refractivity contribution is 0.0659. The van der Waals surface area contributed by atoms with Gasteiger partial charge in [0.05, 0.1) is 0 Å². The Morgan fingerprint density at radius 1 is 1.40 bits per heavy atom. The van der Waals surface area contributed by atoms with Gasteiger partial charge in [0, 0.05) is 18.5 Å². The highest BCUT2D eigenvalue weighted by Crippen LogP contribution is 2.39. The normalized spacial score (nSPS) is 28.9. The van der Waals surface area contributed by atoms with E-state index < -0.39 is 0 Å². The molecular weight excluding hydrogens is 193 g/mol. The molecule has 1 aromatic carbocycles. The third-order valence-electron chi connectivity index (χ3n) is 3.33. The molecule has 1 fully saturated rings. The van der Waals surface area contributed by atoms with Gasteiger partial charge in [-0.15, -0.1) is 0 Å². The third-order valence-corrected chi connectivity index (χ3v) is 3.33. The summed E-state index contributed by atoms with van der Waals surface area (Å²) in [6.07, 6.45) is 2.84. The molecule has 2 aliphatic rings. The number of rotatable bonds is 0. The molecule has 0 saturated carbocycles. The lowest BCUT2D eigenvalue weighted by atomic mass is 9.89. The standard InChI is InChI=1S/C12H14FNO/c13-10-3-1-4-11-9(10)7-12(15-11)5-2-6-14-8-12/h1,3-4,14H,2,5-8H2. The second-order valence-electron chi connectivity index (χ2n) is 4.46. The van der Waals surface area contributed by atoms with Crippen LogP contribution >= 0.6 is 0 Å². The third kappa shape index (κ3) is 1.42. The van der Waals surface area contributed by atoms with Gasteiger partial charge in [0.1, 0.15) is 17.2 Å². The number of fused-ring (bicyclic) bond motifs is 1. The van der Waals surface area contributed by atoms with Crippen LogP contribution in [0.25, 0.3) is 0 Å². The molecule has 1 atom stereocenters. The van der Waals surface area contributed by atoms with Crippen LogP contribution in [0.1, 0.15) is 18.4 Å². The van der Waals surface area contributed by atoms with E-state index in [-0.39, 0.29) is 11.4 Å². The largest absolute Gasteiger partial charge is 0.485 e. The molecule has 3 rings (SSSR count). The first-order valence-corrected chi connectivity index (χ1v) is 5.46. The molecule has 0 bridgehead atoms. The summed E-state index contributed by atoms with van der Waals surface area (Å²) in [6.45, 7) is 1.88. The van der Waals surface area contributed by atoms with E-state index in [2.05, 4.69) is 5.32 Å². The van der Waals surface area contributed by atoms with Crippen LogP contribution in [0.4, 0.5) is 4.39 Å². The van der Waals surface area contributed by atoms with Gasteiger partial charge in [0.25, 0.3) is 0 Å². The Labute approximate surface area is 88.4 Å². The van der Waals surface area contributed by atoms with Gasteiger partial charge in [-0.2, -0.15) is 0 Å². The monoisotopic (exact) mass is 207 g/mol. The fourth-order valence-corrected chi connectivity index (χ4v) is 2.58. The van der Waals surface area contributed by atoms with Crippen LogP contribution in [0.15, 0.2) is 18.2 Å². The molecule has 3 heteroatoms. The Kier molecular flexibility index (Phi) is 1.96. The van der Waals surface area contributed by atoms with Crippen LogP contribution < -0.4 is 10.1 Å². The highest BCUT2D eigenvalue weighted by atomic mass is 19.1. The summed E-state index contributed by atoms with van der Waals surface area (Å²) in [7, 11) is 0. The van der Waals surface area contributed by atoms with E-state index in [4.69, 9.17) is 4.74 Å². The van der Waals surface area contributed by atoms with Gasteiger partial charge in [-0.3, -0.25) is 0 Å². The Balaban J connectivity index is 1.94. The Morgan fingerprint density at radius 3 is 3.07 bits per heavy atom. The average Bonchev–Trinajstić information content (AvgIpc) is 2.59. The maximum Gasteiger partial charge on any atom is 0.130 e. The molecule has 2 nitrogen and oxygen atoms in total. The predicted molar refractivity (Wildman–Crippen MR) is 55.6 cm³/mol. The van der Waals surface area contributed by atoms with Crippen molar-refractivity contribution in [3.8, 4) is 5.75 Å². The number of ether oxygens (including phenoxy) is 1. The minimum Gasteiger partial charge on any atom is -0.485 e. The number of piperidine rings is 1. The fraction of sp³-hybridized carbons (Fsp3) is 0.500. The summed E-state index contributed by atoms with van der Waals surface area (Å²) in [4.78, 5) is 0. The molecule has 1 spiro atoms. The SMILES string of the molecule is Fc1cccc2c1CC1(CCCNC1)O2. The minimum absolute atomic E-state index is 0.130. The maximum absolute atomic E-state index is 13.5. The Bertz CT molecular complexity index is 385. The minimum atomic E-state index is -0.178. The van der Waals surface area contributed by atoms with Crippen molar-refractivity contribution in [2.75, 3.05) is 13.1 Å². The Morgan fingerprint density at radius 2 is 2.33 bits per heavy atom. The van der Waals surface area contributed by atoms with Crippen LogP contribution in [-0.2, 0) is 6.42 Å². The number of nitrogens with one attached hydrogen (secondary N) is 1. The maximum atomic E-state index is 13.5. The van der Waals surface area contributed by atoms with Gasteiger partial charge in [0.2, 0.25) is 0 Å². The predicted octanol–water partition coefficient (Wildman–Crippen LogP) is 1.88. The second-order valence-corrected chi connectivity index (χ2v) is 4.46. The van der Waals surface area contributed by atoms with Crippen LogP contribution in [0, 0.1) is 5.82 Å². The van der Waals surface area contributed by atoms with E-state index in [9.17, 15) is 4.39 Å². The first-order chi connectivity index (χ1) is 7.29. The number of halogens is 1. The van der Waals surface area contributed by atoms with Crippen molar-refractivity contribution >= 4 is 0 Å².